The molecule has 0 aliphatic rings. The molecule has 0 aliphatic carbocycles. The van der Waals surface area contributed by atoms with Gasteiger partial charge in [-0.15, -0.1) is 0 Å². The predicted octanol–water partition coefficient (Wildman–Crippen LogP) is 2.85. The summed E-state index contributed by atoms with van der Waals surface area (Å²) in [5, 5.41) is 0. The average Bonchev–Trinajstić information content (AvgIpc) is 2.85. The number of hydrogen-bond acceptors (Lipinski definition) is 4. The first-order valence-corrected chi connectivity index (χ1v) is 7.19. The molecular formula is C16H19N5. The lowest BCUT2D eigenvalue weighted by Gasteiger charge is -2.21. The van der Waals surface area contributed by atoms with Crippen molar-refractivity contribution in [2.45, 2.75) is 13.8 Å². The van der Waals surface area contributed by atoms with E-state index in [2.05, 4.69) is 53.0 Å². The highest BCUT2D eigenvalue weighted by atomic mass is 15.2. The molecule has 108 valence electrons. The van der Waals surface area contributed by atoms with Gasteiger partial charge in [0.1, 0.15) is 5.52 Å². The van der Waals surface area contributed by atoms with Crippen LogP contribution in [0.4, 0.5) is 11.6 Å². The number of fused-ring (bicyclic) bond motifs is 1. The Balaban J connectivity index is 2.05. The average molecular weight is 281 g/mol. The van der Waals surface area contributed by atoms with Gasteiger partial charge >= 0.3 is 0 Å². The third kappa shape index (κ3) is 2.31. The quantitative estimate of drug-likeness (QED) is 0.799. The smallest absolute Gasteiger partial charge is 0.207 e. The molecule has 1 aromatic carbocycles. The summed E-state index contributed by atoms with van der Waals surface area (Å²) in [5.74, 6) is 0.458. The number of anilines is 2. The van der Waals surface area contributed by atoms with Crippen molar-refractivity contribution in [3.63, 3.8) is 0 Å². The second-order valence-corrected chi connectivity index (χ2v) is 4.84. The van der Waals surface area contributed by atoms with E-state index in [1.165, 1.54) is 5.69 Å². The van der Waals surface area contributed by atoms with Crippen LogP contribution in [0.2, 0.25) is 0 Å². The van der Waals surface area contributed by atoms with E-state index in [1.54, 1.807) is 6.20 Å². The maximum absolute atomic E-state index is 6.04. The fourth-order valence-corrected chi connectivity index (χ4v) is 2.59. The van der Waals surface area contributed by atoms with Gasteiger partial charge in [-0.05, 0) is 50.2 Å². The van der Waals surface area contributed by atoms with Crippen LogP contribution in [0.25, 0.3) is 16.9 Å². The Labute approximate surface area is 124 Å². The number of imidazole rings is 1. The summed E-state index contributed by atoms with van der Waals surface area (Å²) >= 11 is 0. The highest BCUT2D eigenvalue weighted by Gasteiger charge is 2.11. The minimum Gasteiger partial charge on any atom is -0.372 e. The van der Waals surface area contributed by atoms with Crippen molar-refractivity contribution in [2.24, 2.45) is 0 Å². The van der Waals surface area contributed by atoms with Gasteiger partial charge < -0.3 is 10.6 Å². The Morgan fingerprint density at radius 2 is 1.81 bits per heavy atom. The number of nitrogens with two attached hydrogens (primary N) is 1. The molecule has 0 radical (unpaired) electrons. The molecule has 3 rings (SSSR count). The number of nitrogen functional groups attached to an aromatic ring is 1. The largest absolute Gasteiger partial charge is 0.372 e. The third-order valence-electron chi connectivity index (χ3n) is 3.68. The van der Waals surface area contributed by atoms with Gasteiger partial charge in [-0.1, -0.05) is 0 Å². The first-order valence-electron chi connectivity index (χ1n) is 7.19. The normalized spacial score (nSPS) is 11.0. The zero-order chi connectivity index (χ0) is 14.8. The van der Waals surface area contributed by atoms with E-state index in [0.717, 1.165) is 29.9 Å². The zero-order valence-corrected chi connectivity index (χ0v) is 12.3. The van der Waals surface area contributed by atoms with Crippen LogP contribution in [-0.2, 0) is 0 Å². The van der Waals surface area contributed by atoms with E-state index in [-0.39, 0.29) is 0 Å². The summed E-state index contributed by atoms with van der Waals surface area (Å²) in [5.41, 5.74) is 9.81. The highest BCUT2D eigenvalue weighted by Crippen LogP contribution is 2.23. The van der Waals surface area contributed by atoms with Gasteiger partial charge in [-0.2, -0.15) is 0 Å². The van der Waals surface area contributed by atoms with Crippen LogP contribution >= 0.6 is 0 Å². The molecule has 0 saturated carbocycles. The van der Waals surface area contributed by atoms with Gasteiger partial charge in [0.2, 0.25) is 5.95 Å². The highest BCUT2D eigenvalue weighted by molar-refractivity contribution is 5.76. The van der Waals surface area contributed by atoms with Crippen LogP contribution in [0.5, 0.6) is 0 Å². The van der Waals surface area contributed by atoms with Crippen molar-refractivity contribution in [3.05, 3.63) is 42.6 Å². The summed E-state index contributed by atoms with van der Waals surface area (Å²) in [6.07, 6.45) is 1.75. The van der Waals surface area contributed by atoms with Crippen LogP contribution in [0.15, 0.2) is 42.6 Å². The van der Waals surface area contributed by atoms with Gasteiger partial charge in [0.05, 0.1) is 5.69 Å². The zero-order valence-electron chi connectivity index (χ0n) is 12.3. The first-order chi connectivity index (χ1) is 10.2. The number of rotatable bonds is 4. The maximum atomic E-state index is 6.04. The van der Waals surface area contributed by atoms with E-state index in [1.807, 2.05) is 16.7 Å². The number of nitrogens with zero attached hydrogens (tertiary/aromatic N) is 4. The molecule has 3 aromatic rings. The summed E-state index contributed by atoms with van der Waals surface area (Å²) in [4.78, 5) is 11.0. The molecule has 5 nitrogen and oxygen atoms in total. The molecule has 0 atom stereocenters. The number of aromatic nitrogens is 3. The molecule has 5 heteroatoms. The molecule has 0 bridgehead atoms. The Kier molecular flexibility index (Phi) is 3.48. The molecule has 2 aromatic heterocycles. The number of benzene rings is 1. The fourth-order valence-electron chi connectivity index (χ4n) is 2.59. The van der Waals surface area contributed by atoms with Crippen molar-refractivity contribution < 1.29 is 0 Å². The Morgan fingerprint density at radius 1 is 1.10 bits per heavy atom. The molecule has 21 heavy (non-hydrogen) atoms. The standard InChI is InChI=1S/C16H19N5/c1-3-20(4-2)12-7-9-13(10-8-12)21-15-14(19-16(21)17)6-5-11-18-15/h5-11H,3-4H2,1-2H3,(H2,17,19). The third-order valence-corrected chi connectivity index (χ3v) is 3.68. The lowest BCUT2D eigenvalue weighted by Crippen LogP contribution is -2.21. The Hall–Kier alpha value is -2.56. The van der Waals surface area contributed by atoms with E-state index >= 15 is 0 Å². The molecular weight excluding hydrogens is 262 g/mol. The molecule has 0 amide bonds. The van der Waals surface area contributed by atoms with Crippen molar-refractivity contribution >= 4 is 22.8 Å². The Morgan fingerprint density at radius 3 is 2.48 bits per heavy atom. The Bertz CT molecular complexity index is 741. The summed E-state index contributed by atoms with van der Waals surface area (Å²) in [6, 6.07) is 12.1. The molecule has 0 unspecified atom stereocenters. The number of pyridine rings is 1. The second kappa shape index (κ2) is 5.44. The van der Waals surface area contributed by atoms with E-state index in [9.17, 15) is 0 Å². The van der Waals surface area contributed by atoms with Gasteiger partial charge in [-0.3, -0.25) is 4.57 Å². The molecule has 0 fully saturated rings. The van der Waals surface area contributed by atoms with Crippen molar-refractivity contribution in [1.29, 1.82) is 0 Å². The van der Waals surface area contributed by atoms with Gasteiger partial charge in [0.15, 0.2) is 5.65 Å². The number of hydrogen-bond donors (Lipinski definition) is 1. The van der Waals surface area contributed by atoms with Crippen LogP contribution < -0.4 is 10.6 Å². The van der Waals surface area contributed by atoms with E-state index < -0.39 is 0 Å². The van der Waals surface area contributed by atoms with E-state index in [4.69, 9.17) is 5.73 Å². The van der Waals surface area contributed by atoms with E-state index in [0.29, 0.717) is 5.95 Å². The maximum Gasteiger partial charge on any atom is 0.207 e. The molecule has 0 saturated heterocycles. The molecule has 2 N–H and O–H groups in total. The van der Waals surface area contributed by atoms with Crippen LogP contribution in [-0.4, -0.2) is 27.6 Å². The lowest BCUT2D eigenvalue weighted by atomic mass is 10.2. The van der Waals surface area contributed by atoms with Gasteiger partial charge in [0.25, 0.3) is 0 Å². The fraction of sp³-hybridized carbons (Fsp3) is 0.250. The summed E-state index contributed by atoms with van der Waals surface area (Å²) < 4.78 is 1.88. The predicted molar refractivity (Wildman–Crippen MR) is 86.8 cm³/mol. The van der Waals surface area contributed by atoms with Gasteiger partial charge in [0, 0.05) is 25.0 Å². The molecule has 2 heterocycles. The van der Waals surface area contributed by atoms with Gasteiger partial charge in [-0.25, -0.2) is 9.97 Å². The van der Waals surface area contributed by atoms with Crippen LogP contribution in [0.3, 0.4) is 0 Å². The van der Waals surface area contributed by atoms with Crippen molar-refractivity contribution in [1.82, 2.24) is 14.5 Å². The van der Waals surface area contributed by atoms with Crippen molar-refractivity contribution in [2.75, 3.05) is 23.7 Å². The second-order valence-electron chi connectivity index (χ2n) is 4.84. The minimum atomic E-state index is 0.458. The SMILES string of the molecule is CCN(CC)c1ccc(-n2c(N)nc3cccnc32)cc1. The summed E-state index contributed by atoms with van der Waals surface area (Å²) in [6.45, 7) is 6.30. The topological polar surface area (TPSA) is 60.0 Å². The lowest BCUT2D eigenvalue weighted by molar-refractivity contribution is 0.866. The molecule has 0 spiro atoms. The monoisotopic (exact) mass is 281 g/mol. The first kappa shape index (κ1) is 13.4. The van der Waals surface area contributed by atoms with Crippen LogP contribution in [0, 0.1) is 0 Å². The minimum absolute atomic E-state index is 0.458. The summed E-state index contributed by atoms with van der Waals surface area (Å²) in [7, 11) is 0. The van der Waals surface area contributed by atoms with Crippen molar-refractivity contribution in [3.8, 4) is 5.69 Å². The molecule has 0 aliphatic heterocycles. The van der Waals surface area contributed by atoms with Crippen LogP contribution in [0.1, 0.15) is 13.8 Å².